The zero-order valence-corrected chi connectivity index (χ0v) is 8.53. The van der Waals surface area contributed by atoms with Gasteiger partial charge in [0.15, 0.2) is 0 Å². The lowest BCUT2D eigenvalue weighted by Crippen LogP contribution is -2.04. The summed E-state index contributed by atoms with van der Waals surface area (Å²) in [5, 5.41) is 8.73. The lowest BCUT2D eigenvalue weighted by atomic mass is 9.96. The fourth-order valence-corrected chi connectivity index (χ4v) is 1.33. The van der Waals surface area contributed by atoms with Gasteiger partial charge in [0.25, 0.3) is 0 Å². The molecule has 78 valence electrons. The molecule has 3 nitrogen and oxygen atoms in total. The lowest BCUT2D eigenvalue weighted by molar-refractivity contribution is -0.137. The number of aliphatic carboxylic acids is 1. The van der Waals surface area contributed by atoms with Gasteiger partial charge in [-0.15, -0.1) is 5.92 Å². The number of hydrogen-bond donors (Lipinski definition) is 2. The van der Waals surface area contributed by atoms with Crippen molar-refractivity contribution < 1.29 is 9.90 Å². The van der Waals surface area contributed by atoms with Gasteiger partial charge >= 0.3 is 5.97 Å². The Morgan fingerprint density at radius 2 is 2.07 bits per heavy atom. The summed E-state index contributed by atoms with van der Waals surface area (Å²) in [6.45, 7) is 1.70. The monoisotopic (exact) mass is 203 g/mol. The summed E-state index contributed by atoms with van der Waals surface area (Å²) in [5.74, 6) is 4.52. The van der Waals surface area contributed by atoms with E-state index in [1.54, 1.807) is 19.1 Å². The van der Waals surface area contributed by atoms with Crippen LogP contribution in [-0.2, 0) is 4.79 Å². The first-order valence-electron chi connectivity index (χ1n) is 4.63. The van der Waals surface area contributed by atoms with Crippen molar-refractivity contribution in [3.63, 3.8) is 0 Å². The summed E-state index contributed by atoms with van der Waals surface area (Å²) < 4.78 is 0. The number of hydrogen-bond acceptors (Lipinski definition) is 2. The minimum atomic E-state index is -0.848. The first-order valence-corrected chi connectivity index (χ1v) is 4.63. The molecule has 0 saturated heterocycles. The molecule has 0 radical (unpaired) electrons. The second-order valence-electron chi connectivity index (χ2n) is 3.21. The topological polar surface area (TPSA) is 63.3 Å². The maximum atomic E-state index is 10.6. The highest BCUT2D eigenvalue weighted by molar-refractivity contribution is 5.69. The number of benzene rings is 1. The molecule has 0 amide bonds. The van der Waals surface area contributed by atoms with E-state index in [1.807, 2.05) is 12.1 Å². The Morgan fingerprint density at radius 1 is 1.47 bits per heavy atom. The van der Waals surface area contributed by atoms with Crippen LogP contribution in [0, 0.1) is 11.8 Å². The molecule has 0 saturated carbocycles. The number of anilines is 1. The highest BCUT2D eigenvalue weighted by atomic mass is 16.4. The molecule has 0 bridgehead atoms. The van der Waals surface area contributed by atoms with Gasteiger partial charge in [-0.25, -0.2) is 0 Å². The van der Waals surface area contributed by atoms with Crippen molar-refractivity contribution in [3.05, 3.63) is 29.8 Å². The summed E-state index contributed by atoms with van der Waals surface area (Å²) >= 11 is 0. The molecule has 3 N–H and O–H groups in total. The van der Waals surface area contributed by atoms with Crippen molar-refractivity contribution in [1.82, 2.24) is 0 Å². The van der Waals surface area contributed by atoms with Gasteiger partial charge in [-0.1, -0.05) is 18.1 Å². The van der Waals surface area contributed by atoms with Crippen molar-refractivity contribution in [1.29, 1.82) is 0 Å². The Hall–Kier alpha value is -1.95. The molecule has 0 aliphatic heterocycles. The summed E-state index contributed by atoms with van der Waals surface area (Å²) in [4.78, 5) is 10.6. The fraction of sp³-hybridized carbons (Fsp3) is 0.250. The van der Waals surface area contributed by atoms with Crippen molar-refractivity contribution in [2.24, 2.45) is 0 Å². The molecule has 0 aromatic heterocycles. The summed E-state index contributed by atoms with van der Waals surface area (Å²) in [5.41, 5.74) is 7.10. The SMILES string of the molecule is CC#C[C@@H](CC(=O)O)c1ccc(N)cc1. The van der Waals surface area contributed by atoms with Crippen LogP contribution in [0.5, 0.6) is 0 Å². The summed E-state index contributed by atoms with van der Waals surface area (Å²) in [7, 11) is 0. The molecule has 1 rings (SSSR count). The van der Waals surface area contributed by atoms with Crippen LogP contribution in [0.15, 0.2) is 24.3 Å². The Bertz CT molecular complexity index is 398. The molecule has 1 aromatic carbocycles. The van der Waals surface area contributed by atoms with Crippen LogP contribution in [0.4, 0.5) is 5.69 Å². The highest BCUT2D eigenvalue weighted by Gasteiger charge is 2.12. The third-order valence-corrected chi connectivity index (χ3v) is 2.04. The maximum absolute atomic E-state index is 10.6. The predicted molar refractivity (Wildman–Crippen MR) is 59.3 cm³/mol. The lowest BCUT2D eigenvalue weighted by Gasteiger charge is -2.08. The Labute approximate surface area is 88.9 Å². The third-order valence-electron chi connectivity index (χ3n) is 2.04. The van der Waals surface area contributed by atoms with Crippen LogP contribution >= 0.6 is 0 Å². The summed E-state index contributed by atoms with van der Waals surface area (Å²) in [6.07, 6.45) is 0.0186. The van der Waals surface area contributed by atoms with Crippen molar-refractivity contribution in [2.45, 2.75) is 19.3 Å². The van der Waals surface area contributed by atoms with Gasteiger partial charge in [-0.3, -0.25) is 4.79 Å². The molecular formula is C12H13NO2. The molecule has 15 heavy (non-hydrogen) atoms. The molecule has 0 fully saturated rings. The van der Waals surface area contributed by atoms with Crippen LogP contribution in [0.1, 0.15) is 24.8 Å². The average molecular weight is 203 g/mol. The zero-order valence-electron chi connectivity index (χ0n) is 8.53. The largest absolute Gasteiger partial charge is 0.481 e. The minimum Gasteiger partial charge on any atom is -0.481 e. The van der Waals surface area contributed by atoms with E-state index in [9.17, 15) is 4.79 Å². The summed E-state index contributed by atoms with van der Waals surface area (Å²) in [6, 6.07) is 7.13. The minimum absolute atomic E-state index is 0.0186. The van der Waals surface area contributed by atoms with Crippen molar-refractivity contribution >= 4 is 11.7 Å². The molecule has 1 aromatic rings. The van der Waals surface area contributed by atoms with E-state index in [1.165, 1.54) is 0 Å². The number of carboxylic acid groups (broad SMARTS) is 1. The molecular weight excluding hydrogens is 190 g/mol. The molecule has 1 atom stereocenters. The van der Waals surface area contributed by atoms with E-state index in [-0.39, 0.29) is 12.3 Å². The predicted octanol–water partition coefficient (Wildman–Crippen LogP) is 1.85. The van der Waals surface area contributed by atoms with Gasteiger partial charge in [0, 0.05) is 5.69 Å². The van der Waals surface area contributed by atoms with Crippen LogP contribution in [0.2, 0.25) is 0 Å². The van der Waals surface area contributed by atoms with E-state index in [0.29, 0.717) is 5.69 Å². The zero-order chi connectivity index (χ0) is 11.3. The first kappa shape index (κ1) is 11.1. The number of carboxylic acids is 1. The van der Waals surface area contributed by atoms with Crippen LogP contribution in [-0.4, -0.2) is 11.1 Å². The Morgan fingerprint density at radius 3 is 2.53 bits per heavy atom. The third kappa shape index (κ3) is 3.35. The fourth-order valence-electron chi connectivity index (χ4n) is 1.33. The van der Waals surface area contributed by atoms with Gasteiger partial charge < -0.3 is 10.8 Å². The van der Waals surface area contributed by atoms with Crippen LogP contribution in [0.25, 0.3) is 0 Å². The maximum Gasteiger partial charge on any atom is 0.304 e. The Kier molecular flexibility index (Phi) is 3.75. The Balaban J connectivity index is 2.92. The van der Waals surface area contributed by atoms with Gasteiger partial charge in [-0.05, 0) is 24.6 Å². The van der Waals surface area contributed by atoms with E-state index in [4.69, 9.17) is 10.8 Å². The van der Waals surface area contributed by atoms with Gasteiger partial charge in [0.2, 0.25) is 0 Å². The number of carbonyl (C=O) groups is 1. The first-order chi connectivity index (χ1) is 7.13. The van der Waals surface area contributed by atoms with Crippen molar-refractivity contribution in [2.75, 3.05) is 5.73 Å². The normalized spacial score (nSPS) is 11.3. The molecule has 0 spiro atoms. The number of rotatable bonds is 3. The van der Waals surface area contributed by atoms with Crippen LogP contribution in [0.3, 0.4) is 0 Å². The van der Waals surface area contributed by atoms with Crippen LogP contribution < -0.4 is 5.73 Å². The number of nitrogens with two attached hydrogens (primary N) is 1. The van der Waals surface area contributed by atoms with Gasteiger partial charge in [0.1, 0.15) is 0 Å². The second kappa shape index (κ2) is 5.06. The standard InChI is InChI=1S/C12H13NO2/c1-2-3-10(8-12(14)15)9-4-6-11(13)7-5-9/h4-7,10H,8,13H2,1H3,(H,14,15)/t10-/m0/s1. The molecule has 0 heterocycles. The molecule has 0 aliphatic rings. The second-order valence-corrected chi connectivity index (χ2v) is 3.21. The van der Waals surface area contributed by atoms with E-state index < -0.39 is 5.97 Å². The van der Waals surface area contributed by atoms with E-state index >= 15 is 0 Å². The van der Waals surface area contributed by atoms with E-state index in [2.05, 4.69) is 11.8 Å². The smallest absolute Gasteiger partial charge is 0.304 e. The van der Waals surface area contributed by atoms with Gasteiger partial charge in [0.05, 0.1) is 12.3 Å². The number of nitrogen functional groups attached to an aromatic ring is 1. The van der Waals surface area contributed by atoms with Gasteiger partial charge in [-0.2, -0.15) is 0 Å². The van der Waals surface area contributed by atoms with E-state index in [0.717, 1.165) is 5.56 Å². The quantitative estimate of drug-likeness (QED) is 0.582. The van der Waals surface area contributed by atoms with Crippen molar-refractivity contribution in [3.8, 4) is 11.8 Å². The highest BCUT2D eigenvalue weighted by Crippen LogP contribution is 2.20. The molecule has 3 heteroatoms. The molecule has 0 unspecified atom stereocenters. The average Bonchev–Trinajstić information content (AvgIpc) is 2.17. The molecule has 0 aliphatic carbocycles.